The predicted octanol–water partition coefficient (Wildman–Crippen LogP) is 16.3. The third kappa shape index (κ3) is 5.98. The Kier molecular flexibility index (Phi) is 8.49. The molecule has 4 nitrogen and oxygen atoms in total. The van der Waals surface area contributed by atoms with Crippen LogP contribution in [0.25, 0.3) is 92.5 Å². The van der Waals surface area contributed by atoms with Gasteiger partial charge in [-0.05, 0) is 134 Å². The zero-order valence-corrected chi connectivity index (χ0v) is 42.3. The Morgan fingerprint density at radius 2 is 1.33 bits per heavy atom. The van der Waals surface area contributed by atoms with E-state index in [1.54, 1.807) is 11.3 Å². The van der Waals surface area contributed by atoms with Crippen molar-refractivity contribution in [2.24, 2.45) is 0 Å². The first kappa shape index (κ1) is 42.0. The van der Waals surface area contributed by atoms with Crippen LogP contribution in [0.5, 0.6) is 0 Å². The summed E-state index contributed by atoms with van der Waals surface area (Å²) in [4.78, 5) is 5.26. The Hall–Kier alpha value is -6.89. The summed E-state index contributed by atoms with van der Waals surface area (Å²) in [6.07, 6.45) is 2.37. The molecule has 14 rings (SSSR count). The lowest BCUT2D eigenvalue weighted by Gasteiger charge is -2.42. The maximum Gasteiger partial charge on any atom is 0.198 e. The summed E-state index contributed by atoms with van der Waals surface area (Å²) in [5, 5.41) is 9.79. The number of rotatable bonds is 4. The van der Waals surface area contributed by atoms with Crippen molar-refractivity contribution in [3.8, 4) is 38.5 Å². The van der Waals surface area contributed by atoms with Crippen molar-refractivity contribution < 1.29 is 4.42 Å². The van der Waals surface area contributed by atoms with Crippen LogP contribution in [-0.4, -0.2) is 16.8 Å². The molecular formula is C64H55BN3OS. The molecule has 0 amide bonds. The zero-order valence-electron chi connectivity index (χ0n) is 41.5. The minimum atomic E-state index is -0.198. The Bertz CT molecular complexity index is 4060. The molecule has 1 aliphatic heterocycles. The van der Waals surface area contributed by atoms with Crippen LogP contribution in [-0.2, 0) is 21.7 Å². The summed E-state index contributed by atoms with van der Waals surface area (Å²) in [6.45, 7) is 21.5. The van der Waals surface area contributed by atoms with Gasteiger partial charge in [-0.1, -0.05) is 147 Å². The number of furan rings is 1. The van der Waals surface area contributed by atoms with Gasteiger partial charge in [0.25, 0.3) is 0 Å². The first-order valence-electron chi connectivity index (χ1n) is 25.1. The van der Waals surface area contributed by atoms with Crippen molar-refractivity contribution in [2.75, 3.05) is 5.32 Å². The third-order valence-electron chi connectivity index (χ3n) is 16.7. The van der Waals surface area contributed by atoms with Crippen molar-refractivity contribution in [2.45, 2.75) is 96.8 Å². The quantitative estimate of drug-likeness (QED) is 0.179. The number of thiazole rings is 1. The molecule has 11 aromatic rings. The summed E-state index contributed by atoms with van der Waals surface area (Å²) in [5.41, 5.74) is 24.3. The van der Waals surface area contributed by atoms with Crippen molar-refractivity contribution in [1.82, 2.24) is 9.55 Å². The number of fused-ring (bicyclic) bond motifs is 13. The Balaban J connectivity index is 1.04. The van der Waals surface area contributed by atoms with E-state index in [0.29, 0.717) is 0 Å². The molecule has 0 saturated heterocycles. The van der Waals surface area contributed by atoms with Gasteiger partial charge in [0.05, 0.1) is 15.7 Å². The zero-order chi connectivity index (χ0) is 47.8. The number of anilines is 2. The van der Waals surface area contributed by atoms with Crippen molar-refractivity contribution in [3.05, 3.63) is 167 Å². The van der Waals surface area contributed by atoms with Gasteiger partial charge in [0, 0.05) is 66.7 Å². The minimum Gasteiger partial charge on any atom is -0.456 e. The van der Waals surface area contributed by atoms with Gasteiger partial charge in [-0.15, -0.1) is 11.3 Å². The molecule has 2 aliphatic carbocycles. The molecule has 70 heavy (non-hydrogen) atoms. The second-order valence-corrected chi connectivity index (χ2v) is 24.4. The molecule has 1 radical (unpaired) electrons. The topological polar surface area (TPSA) is 43.0 Å². The summed E-state index contributed by atoms with van der Waals surface area (Å²) in [5.74, 6) is 0. The molecule has 3 aromatic heterocycles. The first-order chi connectivity index (χ1) is 33.5. The highest BCUT2D eigenvalue weighted by Crippen LogP contribution is 2.56. The van der Waals surface area contributed by atoms with Crippen LogP contribution in [0.4, 0.5) is 11.4 Å². The monoisotopic (exact) mass is 924 g/mol. The van der Waals surface area contributed by atoms with Gasteiger partial charge < -0.3 is 14.3 Å². The van der Waals surface area contributed by atoms with Crippen molar-refractivity contribution in [1.29, 1.82) is 0 Å². The molecule has 0 spiro atoms. The van der Waals surface area contributed by atoms with Gasteiger partial charge >= 0.3 is 0 Å². The van der Waals surface area contributed by atoms with Crippen molar-refractivity contribution >= 4 is 94.9 Å². The van der Waals surface area contributed by atoms with E-state index in [1.807, 2.05) is 0 Å². The Labute approximate surface area is 414 Å². The number of nitrogens with one attached hydrogen (secondary N) is 1. The highest BCUT2D eigenvalue weighted by molar-refractivity contribution is 7.21. The van der Waals surface area contributed by atoms with E-state index in [1.165, 1.54) is 89.4 Å². The lowest BCUT2D eigenvalue weighted by atomic mass is 9.59. The van der Waals surface area contributed by atoms with E-state index >= 15 is 0 Å². The van der Waals surface area contributed by atoms with Gasteiger partial charge in [-0.3, -0.25) is 0 Å². The van der Waals surface area contributed by atoms with Crippen LogP contribution in [0.15, 0.2) is 144 Å². The molecular weight excluding hydrogens is 870 g/mol. The van der Waals surface area contributed by atoms with Crippen LogP contribution in [0.3, 0.4) is 0 Å². The van der Waals surface area contributed by atoms with E-state index < -0.39 is 0 Å². The van der Waals surface area contributed by atoms with Gasteiger partial charge in [0.1, 0.15) is 16.2 Å². The van der Waals surface area contributed by atoms with Crippen LogP contribution in [0, 0.1) is 0 Å². The molecule has 0 unspecified atom stereocenters. The predicted molar refractivity (Wildman–Crippen MR) is 298 cm³/mol. The lowest BCUT2D eigenvalue weighted by Crippen LogP contribution is -2.37. The smallest absolute Gasteiger partial charge is 0.198 e. The molecule has 8 aromatic carbocycles. The average molecular weight is 925 g/mol. The van der Waals surface area contributed by atoms with E-state index in [-0.39, 0.29) is 21.7 Å². The number of nitrogens with zero attached hydrogens (tertiary/aromatic N) is 2. The van der Waals surface area contributed by atoms with Crippen LogP contribution >= 0.6 is 11.3 Å². The van der Waals surface area contributed by atoms with Crippen LogP contribution < -0.4 is 16.2 Å². The molecule has 0 atom stereocenters. The maximum atomic E-state index is 6.62. The minimum absolute atomic E-state index is 0.0565. The van der Waals surface area contributed by atoms with E-state index in [2.05, 4.69) is 219 Å². The summed E-state index contributed by atoms with van der Waals surface area (Å²) in [7, 11) is 2.44. The van der Waals surface area contributed by atoms with Gasteiger partial charge in [0.2, 0.25) is 0 Å². The molecule has 3 aliphatic rings. The summed E-state index contributed by atoms with van der Waals surface area (Å²) in [6, 6.07) is 52.4. The second kappa shape index (κ2) is 14.1. The van der Waals surface area contributed by atoms with E-state index in [9.17, 15) is 0 Å². The molecule has 0 bridgehead atoms. The van der Waals surface area contributed by atoms with Crippen LogP contribution in [0.2, 0.25) is 0 Å². The molecule has 0 saturated carbocycles. The second-order valence-electron chi connectivity index (χ2n) is 23.4. The molecule has 0 fully saturated rings. The van der Waals surface area contributed by atoms with Gasteiger partial charge in [-0.2, -0.15) is 0 Å². The summed E-state index contributed by atoms with van der Waals surface area (Å²) >= 11 is 1.76. The highest BCUT2D eigenvalue weighted by atomic mass is 32.1. The van der Waals surface area contributed by atoms with E-state index in [0.717, 1.165) is 66.1 Å². The molecule has 341 valence electrons. The Morgan fingerprint density at radius 1 is 0.614 bits per heavy atom. The number of hydrogen-bond acceptors (Lipinski definition) is 4. The number of aromatic nitrogens is 2. The Morgan fingerprint density at radius 3 is 2.10 bits per heavy atom. The molecule has 1 N–H and O–H groups in total. The van der Waals surface area contributed by atoms with Gasteiger partial charge in [-0.25, -0.2) is 4.98 Å². The fourth-order valence-electron chi connectivity index (χ4n) is 12.5. The fraction of sp³-hybridized carbons (Fsp3) is 0.234. The van der Waals surface area contributed by atoms with Crippen LogP contribution in [0.1, 0.15) is 103 Å². The number of para-hydroxylation sites is 1. The SMILES string of the molecule is CC(C)(C)c1ccc(Nc2cc3c(cc2-c2ccc4c5cc6c(cc5n5c4c2[B]c2cc4nc(-c7ccccc7)sc4cc2-5)oc2ccccc26)-c2cc4c(cc2C3(C)C)C(C)(C)CCC4(C)C)cc1. The fourth-order valence-corrected chi connectivity index (χ4v) is 13.5. The third-order valence-corrected chi connectivity index (χ3v) is 17.7. The standard InChI is InChI=1S/C64H55BN3OS/c1-61(2,3)36-19-21-37(22-20-36)66-51-31-47-41(42-29-48-49(30-46(42)64(47,8)9)63(6,7)26-25-62(48,4)5)27-43(51)39-23-24-40-44-28-45-38-17-13-14-18-55(38)69-56(45)33-53(44)68-54-34-57-52(32-50(54)65-58(39)59(40)68)67-60(70-57)35-15-11-10-12-16-35/h10-24,27-34,66H,25-26H2,1-9H3. The normalized spacial score (nSPS) is 16.1. The maximum absolute atomic E-state index is 6.62. The molecule has 4 heterocycles. The molecule has 6 heteroatoms. The van der Waals surface area contributed by atoms with E-state index in [4.69, 9.17) is 9.40 Å². The average Bonchev–Trinajstić information content (AvgIpc) is 4.07. The first-order valence-corrected chi connectivity index (χ1v) is 25.9. The number of hydrogen-bond donors (Lipinski definition) is 1. The van der Waals surface area contributed by atoms with Gasteiger partial charge in [0.15, 0.2) is 7.28 Å². The highest BCUT2D eigenvalue weighted by Gasteiger charge is 2.43. The summed E-state index contributed by atoms with van der Waals surface area (Å²) < 4.78 is 10.3. The number of benzene rings is 8. The largest absolute Gasteiger partial charge is 0.456 e. The lowest BCUT2D eigenvalue weighted by molar-refractivity contribution is 0.331. The van der Waals surface area contributed by atoms with Crippen molar-refractivity contribution in [3.63, 3.8) is 0 Å².